The molecule has 0 bridgehead atoms. The van der Waals surface area contributed by atoms with Gasteiger partial charge in [-0.25, -0.2) is 13.3 Å². The summed E-state index contributed by atoms with van der Waals surface area (Å²) in [6.07, 6.45) is 8.34. The predicted octanol–water partition coefficient (Wildman–Crippen LogP) is 2.06. The molecule has 1 fully saturated rings. The van der Waals surface area contributed by atoms with Crippen molar-refractivity contribution in [3.63, 3.8) is 0 Å². The van der Waals surface area contributed by atoms with E-state index in [4.69, 9.17) is 16.2 Å². The number of sulfone groups is 1. The molecule has 1 unspecified atom stereocenters. The van der Waals surface area contributed by atoms with Crippen LogP contribution in [0.5, 0.6) is 5.75 Å². The van der Waals surface area contributed by atoms with E-state index in [2.05, 4.69) is 5.32 Å². The van der Waals surface area contributed by atoms with Crippen molar-refractivity contribution in [3.05, 3.63) is 28.8 Å². The number of benzene rings is 1. The maximum atomic E-state index is 14.3. The molecule has 1 aliphatic carbocycles. The van der Waals surface area contributed by atoms with E-state index in [1.165, 1.54) is 7.11 Å². The number of carbonyl (C=O) groups is 5. The Bertz CT molecular complexity index is 1430. The quantitative estimate of drug-likeness (QED) is 0.118. The van der Waals surface area contributed by atoms with Gasteiger partial charge in [0.2, 0.25) is 5.91 Å². The second-order valence-electron chi connectivity index (χ2n) is 13.6. The molecule has 0 spiro atoms. The zero-order valence-electron chi connectivity index (χ0n) is 30.6. The first-order valence-corrected chi connectivity index (χ1v) is 19.4. The summed E-state index contributed by atoms with van der Waals surface area (Å²) in [5, 5.41) is 12.3. The summed E-state index contributed by atoms with van der Waals surface area (Å²) in [5.41, 5.74) is 14.5. The molecule has 0 aliphatic heterocycles. The number of rotatable bonds is 19. The van der Waals surface area contributed by atoms with Crippen LogP contribution in [0.4, 0.5) is 0 Å². The molecule has 1 aromatic carbocycles. The Morgan fingerprint density at radius 1 is 0.980 bits per heavy atom. The summed E-state index contributed by atoms with van der Waals surface area (Å²) in [7, 11) is -0.420. The van der Waals surface area contributed by atoms with Crippen LogP contribution in [0.15, 0.2) is 12.1 Å². The minimum atomic E-state index is -3.50. The topological polar surface area (TPSA) is 220 Å². The van der Waals surface area contributed by atoms with Crippen LogP contribution in [0.1, 0.15) is 87.3 Å². The van der Waals surface area contributed by atoms with Gasteiger partial charge in [0.1, 0.15) is 15.6 Å². The zero-order chi connectivity index (χ0) is 37.6. The van der Waals surface area contributed by atoms with Crippen LogP contribution >= 0.6 is 12.4 Å². The summed E-state index contributed by atoms with van der Waals surface area (Å²) >= 11 is 0. The molecule has 1 aliphatic rings. The van der Waals surface area contributed by atoms with Crippen LogP contribution in [-0.4, -0.2) is 110 Å². The van der Waals surface area contributed by atoms with Gasteiger partial charge in [-0.1, -0.05) is 38.5 Å². The first kappa shape index (κ1) is 45.9. The fourth-order valence-corrected chi connectivity index (χ4v) is 7.07. The molecule has 51 heavy (non-hydrogen) atoms. The van der Waals surface area contributed by atoms with Gasteiger partial charge in [-0.3, -0.25) is 28.9 Å². The number of phenols is 1. The average molecular weight is 760 g/mol. The van der Waals surface area contributed by atoms with E-state index in [9.17, 15) is 37.5 Å². The lowest BCUT2D eigenvalue weighted by atomic mass is 9.84. The normalized spacial score (nSPS) is 15.3. The van der Waals surface area contributed by atoms with Gasteiger partial charge < -0.3 is 26.6 Å². The van der Waals surface area contributed by atoms with E-state index in [1.807, 2.05) is 4.90 Å². The summed E-state index contributed by atoms with van der Waals surface area (Å²) in [6.45, 7) is 3.29. The Balaban J connectivity index is 0.0000130. The second kappa shape index (κ2) is 22.1. The predicted molar refractivity (Wildman–Crippen MR) is 197 cm³/mol. The standard InChI is InChI=1S/C35H57N5O9S.ClH/c1-23-18-26(41)19-24(2)27(23)21-29(37)33(44)38-22-31(42)40(34(45)28(36)15-17-50(5,47)48)35(46)30(20-25-12-8-6-9-13-25)39(3)16-11-7-10-14-32(43)49-4;/h18-19,25,28-30,41H,6-17,20-22,36-37H2,1-5H3,(H,38,44);1H/t28?,29-,30+;/m1./s1. The smallest absolute Gasteiger partial charge is 0.305 e. The Hall–Kier alpha value is -3.11. The third-order valence-electron chi connectivity index (χ3n) is 9.38. The van der Waals surface area contributed by atoms with E-state index in [-0.39, 0.29) is 49.3 Å². The number of methoxy groups -OCH3 is 1. The molecule has 0 aromatic heterocycles. The first-order chi connectivity index (χ1) is 23.4. The van der Waals surface area contributed by atoms with Crippen molar-refractivity contribution in [1.29, 1.82) is 0 Å². The number of aryl methyl sites for hydroxylation is 2. The number of nitrogens with one attached hydrogen (secondary N) is 1. The molecular weight excluding hydrogens is 702 g/mol. The fourth-order valence-electron chi connectivity index (χ4n) is 6.38. The van der Waals surface area contributed by atoms with E-state index in [0.29, 0.717) is 37.1 Å². The molecule has 290 valence electrons. The molecule has 0 radical (unpaired) electrons. The molecule has 14 nitrogen and oxygen atoms in total. The van der Waals surface area contributed by atoms with Crippen molar-refractivity contribution in [3.8, 4) is 5.75 Å². The Morgan fingerprint density at radius 2 is 1.59 bits per heavy atom. The summed E-state index contributed by atoms with van der Waals surface area (Å²) in [5.74, 6) is -3.97. The summed E-state index contributed by atoms with van der Waals surface area (Å²) in [6, 6.07) is -0.295. The van der Waals surface area contributed by atoms with Crippen molar-refractivity contribution >= 4 is 51.8 Å². The number of unbranched alkanes of at least 4 members (excludes halogenated alkanes) is 2. The number of esters is 1. The number of phenolic OH excluding ortho intramolecular Hbond substituents is 1. The second-order valence-corrected chi connectivity index (χ2v) is 15.9. The van der Waals surface area contributed by atoms with Crippen molar-refractivity contribution in [2.24, 2.45) is 17.4 Å². The number of hydrogen-bond acceptors (Lipinski definition) is 12. The Kier molecular flexibility index (Phi) is 19.9. The Morgan fingerprint density at radius 3 is 2.16 bits per heavy atom. The lowest BCUT2D eigenvalue weighted by Crippen LogP contribution is -2.58. The number of ether oxygens (including phenoxy) is 1. The van der Waals surface area contributed by atoms with Gasteiger partial charge in [-0.2, -0.15) is 0 Å². The van der Waals surface area contributed by atoms with Crippen LogP contribution in [0, 0.1) is 19.8 Å². The van der Waals surface area contributed by atoms with E-state index >= 15 is 0 Å². The molecule has 16 heteroatoms. The van der Waals surface area contributed by atoms with Crippen LogP contribution in [0.2, 0.25) is 0 Å². The van der Waals surface area contributed by atoms with E-state index in [1.54, 1.807) is 33.0 Å². The number of halogens is 1. The Labute approximate surface area is 308 Å². The van der Waals surface area contributed by atoms with Crippen LogP contribution in [0.3, 0.4) is 0 Å². The largest absolute Gasteiger partial charge is 0.508 e. The molecule has 0 saturated heterocycles. The highest BCUT2D eigenvalue weighted by molar-refractivity contribution is 7.90. The molecule has 1 saturated carbocycles. The number of likely N-dealkylation sites (N-methyl/N-ethyl adjacent to an activating group) is 1. The number of imide groups is 3. The lowest BCUT2D eigenvalue weighted by molar-refractivity contribution is -0.157. The summed E-state index contributed by atoms with van der Waals surface area (Å²) in [4.78, 5) is 68.6. The third kappa shape index (κ3) is 15.6. The number of hydrogen-bond donors (Lipinski definition) is 4. The maximum Gasteiger partial charge on any atom is 0.305 e. The van der Waals surface area contributed by atoms with Gasteiger partial charge in [0.05, 0.1) is 37.5 Å². The minimum absolute atomic E-state index is 0. The number of aromatic hydroxyl groups is 1. The average Bonchev–Trinajstić information content (AvgIpc) is 3.05. The molecule has 4 amide bonds. The van der Waals surface area contributed by atoms with Gasteiger partial charge in [0.15, 0.2) is 0 Å². The highest BCUT2D eigenvalue weighted by Gasteiger charge is 2.39. The van der Waals surface area contributed by atoms with Crippen molar-refractivity contribution in [1.82, 2.24) is 15.1 Å². The fraction of sp³-hybridized carbons (Fsp3) is 0.686. The molecule has 3 atom stereocenters. The van der Waals surface area contributed by atoms with Gasteiger partial charge in [0, 0.05) is 12.7 Å². The highest BCUT2D eigenvalue weighted by Crippen LogP contribution is 2.29. The van der Waals surface area contributed by atoms with E-state index in [0.717, 1.165) is 55.1 Å². The zero-order valence-corrected chi connectivity index (χ0v) is 32.3. The van der Waals surface area contributed by atoms with Crippen molar-refractivity contribution in [2.45, 2.75) is 109 Å². The first-order valence-electron chi connectivity index (χ1n) is 17.4. The van der Waals surface area contributed by atoms with Gasteiger partial charge in [-0.05, 0) is 94.3 Å². The molecular formula is C35H58ClN5O9S. The lowest BCUT2D eigenvalue weighted by Gasteiger charge is -2.35. The van der Waals surface area contributed by atoms with Gasteiger partial charge in [-0.15, -0.1) is 12.4 Å². The molecule has 1 aromatic rings. The van der Waals surface area contributed by atoms with Gasteiger partial charge in [0.25, 0.3) is 17.7 Å². The SMILES string of the molecule is COC(=O)CCCCCN(C)[C@@H](CC1CCCCC1)C(=O)N(C(=O)CNC(=O)[C@H](N)Cc1c(C)cc(O)cc1C)C(=O)C(N)CCS(C)(=O)=O.Cl. The number of nitrogens with zero attached hydrogens (tertiary/aromatic N) is 2. The molecule has 0 heterocycles. The maximum absolute atomic E-state index is 14.3. The van der Waals surface area contributed by atoms with E-state index < -0.39 is 63.9 Å². The molecule has 2 rings (SSSR count). The van der Waals surface area contributed by atoms with Crippen LogP contribution in [0.25, 0.3) is 0 Å². The van der Waals surface area contributed by atoms with Gasteiger partial charge >= 0.3 is 5.97 Å². The monoisotopic (exact) mass is 759 g/mol. The number of carbonyl (C=O) groups excluding carboxylic acids is 5. The number of amides is 4. The van der Waals surface area contributed by atoms with Crippen molar-refractivity contribution < 1.29 is 42.2 Å². The molecule has 6 N–H and O–H groups in total. The highest BCUT2D eigenvalue weighted by atomic mass is 35.5. The summed E-state index contributed by atoms with van der Waals surface area (Å²) < 4.78 is 28.4. The number of nitrogens with two attached hydrogens (primary N) is 2. The third-order valence-corrected chi connectivity index (χ3v) is 10.4. The van der Waals surface area contributed by atoms with Crippen molar-refractivity contribution in [2.75, 3.05) is 39.3 Å². The van der Waals surface area contributed by atoms with Crippen LogP contribution < -0.4 is 16.8 Å². The minimum Gasteiger partial charge on any atom is -0.508 e. The van der Waals surface area contributed by atoms with Crippen LogP contribution in [-0.2, 0) is 45.0 Å².